The maximum atomic E-state index is 5.62. The fraction of sp³-hybridized carbons (Fsp3) is 0.385. The van der Waals surface area contributed by atoms with Crippen molar-refractivity contribution in [3.63, 3.8) is 0 Å². The van der Waals surface area contributed by atoms with Crippen molar-refractivity contribution in [2.45, 2.75) is 18.2 Å². The quantitative estimate of drug-likeness (QED) is 0.641. The van der Waals surface area contributed by atoms with Crippen LogP contribution >= 0.6 is 11.8 Å². The Morgan fingerprint density at radius 2 is 2.00 bits per heavy atom. The van der Waals surface area contributed by atoms with Crippen LogP contribution in [0.5, 0.6) is 0 Å². The summed E-state index contributed by atoms with van der Waals surface area (Å²) in [6, 6.07) is 8.13. The average molecular weight is 263 g/mol. The van der Waals surface area contributed by atoms with Crippen molar-refractivity contribution in [3.8, 4) is 11.5 Å². The molecule has 0 spiro atoms. The van der Waals surface area contributed by atoms with E-state index in [2.05, 4.69) is 40.8 Å². The highest BCUT2D eigenvalue weighted by Gasteiger charge is 2.07. The van der Waals surface area contributed by atoms with Crippen molar-refractivity contribution in [1.82, 2.24) is 15.5 Å². The highest BCUT2D eigenvalue weighted by molar-refractivity contribution is 7.98. The molecule has 2 rings (SSSR count). The Labute approximate surface area is 111 Å². The minimum absolute atomic E-state index is 0.592. The van der Waals surface area contributed by atoms with Gasteiger partial charge in [-0.3, -0.25) is 0 Å². The highest BCUT2D eigenvalue weighted by Crippen LogP contribution is 2.21. The van der Waals surface area contributed by atoms with Crippen LogP contribution in [0.15, 0.2) is 33.6 Å². The Morgan fingerprint density at radius 3 is 2.67 bits per heavy atom. The fourth-order valence-corrected chi connectivity index (χ4v) is 1.99. The second kappa shape index (κ2) is 6.56. The Morgan fingerprint density at radius 1 is 1.22 bits per heavy atom. The average Bonchev–Trinajstić information content (AvgIpc) is 2.88. The van der Waals surface area contributed by atoms with Crippen LogP contribution in [-0.2, 0) is 6.42 Å². The van der Waals surface area contributed by atoms with E-state index in [1.54, 1.807) is 11.8 Å². The lowest BCUT2D eigenvalue weighted by Crippen LogP contribution is -2.16. The van der Waals surface area contributed by atoms with Crippen LogP contribution in [0.1, 0.15) is 12.8 Å². The summed E-state index contributed by atoms with van der Waals surface area (Å²) < 4.78 is 5.62. The molecule has 0 aliphatic heterocycles. The van der Waals surface area contributed by atoms with Gasteiger partial charge in [0.15, 0.2) is 0 Å². The van der Waals surface area contributed by atoms with Crippen LogP contribution in [0.25, 0.3) is 11.5 Å². The maximum absolute atomic E-state index is 5.62. The molecule has 96 valence electrons. The zero-order valence-corrected chi connectivity index (χ0v) is 11.5. The standard InChI is InChI=1S/C13H17N3OS/c1-3-14-9-8-12-15-16-13(17-12)10-4-6-11(18-2)7-5-10/h4-7,14H,3,8-9H2,1-2H3. The van der Waals surface area contributed by atoms with Crippen molar-refractivity contribution in [2.75, 3.05) is 19.3 Å². The topological polar surface area (TPSA) is 51.0 Å². The van der Waals surface area contributed by atoms with Gasteiger partial charge in [-0.05, 0) is 37.1 Å². The van der Waals surface area contributed by atoms with Gasteiger partial charge in [-0.1, -0.05) is 6.92 Å². The molecular formula is C13H17N3OS. The third-order valence-corrected chi connectivity index (χ3v) is 3.31. The van der Waals surface area contributed by atoms with Gasteiger partial charge in [0.05, 0.1) is 0 Å². The Balaban J connectivity index is 2.04. The van der Waals surface area contributed by atoms with Crippen LogP contribution in [0.4, 0.5) is 0 Å². The van der Waals surface area contributed by atoms with E-state index in [0.29, 0.717) is 11.8 Å². The molecule has 0 fully saturated rings. The minimum Gasteiger partial charge on any atom is -0.421 e. The molecule has 0 amide bonds. The number of hydrogen-bond acceptors (Lipinski definition) is 5. The molecule has 0 atom stereocenters. The van der Waals surface area contributed by atoms with Crippen molar-refractivity contribution in [2.24, 2.45) is 0 Å². The number of hydrogen-bond donors (Lipinski definition) is 1. The molecule has 5 heteroatoms. The predicted octanol–water partition coefficient (Wildman–Crippen LogP) is 2.61. The van der Waals surface area contributed by atoms with E-state index in [1.165, 1.54) is 4.90 Å². The monoisotopic (exact) mass is 263 g/mol. The maximum Gasteiger partial charge on any atom is 0.247 e. The first kappa shape index (κ1) is 13.1. The van der Waals surface area contributed by atoms with Gasteiger partial charge in [-0.15, -0.1) is 22.0 Å². The minimum atomic E-state index is 0.592. The van der Waals surface area contributed by atoms with Crippen LogP contribution < -0.4 is 5.32 Å². The molecule has 1 aromatic carbocycles. The molecule has 4 nitrogen and oxygen atoms in total. The van der Waals surface area contributed by atoms with Crippen molar-refractivity contribution >= 4 is 11.8 Å². The molecule has 0 saturated carbocycles. The second-order valence-electron chi connectivity index (χ2n) is 3.83. The first-order valence-electron chi connectivity index (χ1n) is 6.01. The van der Waals surface area contributed by atoms with Crippen molar-refractivity contribution in [1.29, 1.82) is 0 Å². The van der Waals surface area contributed by atoms with Crippen LogP contribution in [0.3, 0.4) is 0 Å². The summed E-state index contributed by atoms with van der Waals surface area (Å²) in [5.74, 6) is 1.27. The fourth-order valence-electron chi connectivity index (χ4n) is 1.58. The summed E-state index contributed by atoms with van der Waals surface area (Å²) in [6.07, 6.45) is 2.82. The molecule has 0 aliphatic carbocycles. The predicted molar refractivity (Wildman–Crippen MR) is 73.8 cm³/mol. The molecule has 18 heavy (non-hydrogen) atoms. The number of benzene rings is 1. The SMILES string of the molecule is CCNCCc1nnc(-c2ccc(SC)cc2)o1. The van der Waals surface area contributed by atoms with Crippen molar-refractivity contribution < 1.29 is 4.42 Å². The molecule has 0 saturated heterocycles. The molecule has 0 radical (unpaired) electrons. The Bertz CT molecular complexity index is 481. The first-order chi connectivity index (χ1) is 8.83. The van der Waals surface area contributed by atoms with Crippen LogP contribution in [0.2, 0.25) is 0 Å². The summed E-state index contributed by atoms with van der Waals surface area (Å²) in [4.78, 5) is 1.23. The normalized spacial score (nSPS) is 10.8. The van der Waals surface area contributed by atoms with Gasteiger partial charge in [0.2, 0.25) is 11.8 Å². The lowest BCUT2D eigenvalue weighted by molar-refractivity contribution is 0.496. The lowest BCUT2D eigenvalue weighted by atomic mass is 10.2. The van der Waals surface area contributed by atoms with Gasteiger partial charge in [-0.2, -0.15) is 0 Å². The third kappa shape index (κ3) is 3.34. The van der Waals surface area contributed by atoms with E-state index in [1.807, 2.05) is 12.1 Å². The summed E-state index contributed by atoms with van der Waals surface area (Å²) in [5.41, 5.74) is 0.968. The van der Waals surface area contributed by atoms with Gasteiger partial charge < -0.3 is 9.73 Å². The smallest absolute Gasteiger partial charge is 0.247 e. The van der Waals surface area contributed by atoms with Gasteiger partial charge in [0, 0.05) is 23.4 Å². The zero-order chi connectivity index (χ0) is 12.8. The summed E-state index contributed by atoms with van der Waals surface area (Å²) >= 11 is 1.72. The van der Waals surface area contributed by atoms with E-state index >= 15 is 0 Å². The van der Waals surface area contributed by atoms with Crippen LogP contribution in [-0.4, -0.2) is 29.5 Å². The third-order valence-electron chi connectivity index (χ3n) is 2.57. The molecule has 1 heterocycles. The molecule has 0 bridgehead atoms. The van der Waals surface area contributed by atoms with E-state index in [9.17, 15) is 0 Å². The Kier molecular flexibility index (Phi) is 4.78. The summed E-state index contributed by atoms with van der Waals surface area (Å²) in [7, 11) is 0. The molecule has 1 N–H and O–H groups in total. The van der Waals surface area contributed by atoms with E-state index in [-0.39, 0.29) is 0 Å². The molecule has 1 aromatic heterocycles. The largest absolute Gasteiger partial charge is 0.421 e. The molecule has 2 aromatic rings. The lowest BCUT2D eigenvalue weighted by Gasteiger charge is -1.98. The summed E-state index contributed by atoms with van der Waals surface area (Å²) in [6.45, 7) is 3.90. The number of rotatable bonds is 6. The number of thioether (sulfide) groups is 1. The zero-order valence-electron chi connectivity index (χ0n) is 10.6. The van der Waals surface area contributed by atoms with Crippen LogP contribution in [0, 0.1) is 0 Å². The number of nitrogens with one attached hydrogen (secondary N) is 1. The van der Waals surface area contributed by atoms with Crippen molar-refractivity contribution in [3.05, 3.63) is 30.2 Å². The van der Waals surface area contributed by atoms with E-state index in [4.69, 9.17) is 4.42 Å². The number of aromatic nitrogens is 2. The summed E-state index contributed by atoms with van der Waals surface area (Å²) in [5, 5.41) is 11.3. The molecule has 0 aliphatic rings. The van der Waals surface area contributed by atoms with Gasteiger partial charge >= 0.3 is 0 Å². The van der Waals surface area contributed by atoms with E-state index < -0.39 is 0 Å². The number of likely N-dealkylation sites (N-methyl/N-ethyl adjacent to an activating group) is 1. The second-order valence-corrected chi connectivity index (χ2v) is 4.71. The van der Waals surface area contributed by atoms with E-state index in [0.717, 1.165) is 25.1 Å². The first-order valence-corrected chi connectivity index (χ1v) is 7.23. The molecule has 0 unspecified atom stereocenters. The van der Waals surface area contributed by atoms with Gasteiger partial charge in [-0.25, -0.2) is 0 Å². The van der Waals surface area contributed by atoms with Gasteiger partial charge in [0.25, 0.3) is 0 Å². The Hall–Kier alpha value is -1.33. The highest BCUT2D eigenvalue weighted by atomic mass is 32.2. The molecular weight excluding hydrogens is 246 g/mol. The van der Waals surface area contributed by atoms with Gasteiger partial charge in [0.1, 0.15) is 0 Å². The number of nitrogens with zero attached hydrogens (tertiary/aromatic N) is 2.